The Balaban J connectivity index is 1.23. The lowest BCUT2D eigenvalue weighted by Crippen LogP contribution is -2.69. The maximum absolute atomic E-state index is 12.8. The number of hydrogen-bond donors (Lipinski definition) is 4. The van der Waals surface area contributed by atoms with Crippen LogP contribution in [-0.2, 0) is 89.9 Å². The molecule has 0 bridgehead atoms. The summed E-state index contributed by atoms with van der Waals surface area (Å²) in [7, 11) is 1.15. The lowest BCUT2D eigenvalue weighted by atomic mass is 9.95. The average molecular weight is 1040 g/mol. The van der Waals surface area contributed by atoms with Crippen molar-refractivity contribution in [1.29, 1.82) is 0 Å². The number of carbonyl (C=O) groups is 1. The molecule has 0 aromatic heterocycles. The Hall–Kier alpha value is -5.45. The Morgan fingerprint density at radius 2 is 0.987 bits per heavy atom. The van der Waals surface area contributed by atoms with E-state index in [1.165, 1.54) is 0 Å². The van der Waals surface area contributed by atoms with E-state index in [4.69, 9.17) is 56.8 Å². The van der Waals surface area contributed by atoms with Crippen molar-refractivity contribution in [3.05, 3.63) is 192 Å². The second-order valence-corrected chi connectivity index (χ2v) is 18.5. The number of benzene rings is 5. The molecule has 3 heterocycles. The van der Waals surface area contributed by atoms with Crippen LogP contribution in [0, 0.1) is 0 Å². The number of aliphatic hydroxyl groups excluding tert-OH is 3. The largest absolute Gasteiger partial charge is 0.453 e. The molecule has 4 N–H and O–H groups in total. The minimum absolute atomic E-state index is 0.00509. The van der Waals surface area contributed by atoms with Gasteiger partial charge in [-0.25, -0.2) is 4.79 Å². The number of methoxy groups -OCH3 is 1. The van der Waals surface area contributed by atoms with Gasteiger partial charge in [0.1, 0.15) is 67.1 Å². The van der Waals surface area contributed by atoms with Gasteiger partial charge in [0.2, 0.25) is 0 Å². The summed E-state index contributed by atoms with van der Waals surface area (Å²) in [6, 6.07) is 47.2. The monoisotopic (exact) mass is 1040 g/mol. The Labute approximate surface area is 438 Å². The molecule has 0 spiro atoms. The molecule has 0 unspecified atom stereocenters. The molecule has 5 aromatic carbocycles. The second-order valence-electron chi connectivity index (χ2n) is 18.5. The molecule has 0 radical (unpaired) electrons. The van der Waals surface area contributed by atoms with Gasteiger partial charge in [0, 0.05) is 0 Å². The molecule has 0 aliphatic carbocycles. The zero-order valence-corrected chi connectivity index (χ0v) is 42.2. The number of ether oxygens (including phenoxy) is 12. The van der Waals surface area contributed by atoms with Crippen LogP contribution < -0.4 is 5.32 Å². The molecule has 402 valence electrons. The molecule has 3 fully saturated rings. The highest BCUT2D eigenvalue weighted by molar-refractivity contribution is 5.67. The average Bonchev–Trinajstić information content (AvgIpc) is 3.45. The van der Waals surface area contributed by atoms with Crippen LogP contribution in [-0.4, -0.2) is 140 Å². The van der Waals surface area contributed by atoms with Gasteiger partial charge in [-0.1, -0.05) is 158 Å². The van der Waals surface area contributed by atoms with E-state index in [2.05, 4.69) is 11.9 Å². The molecule has 5 aromatic rings. The van der Waals surface area contributed by atoms with Gasteiger partial charge in [0.25, 0.3) is 0 Å². The summed E-state index contributed by atoms with van der Waals surface area (Å²) in [5, 5.41) is 35.4. The van der Waals surface area contributed by atoms with Crippen LogP contribution in [0.1, 0.15) is 34.7 Å². The molecule has 1 amide bonds. The van der Waals surface area contributed by atoms with E-state index in [9.17, 15) is 20.1 Å². The van der Waals surface area contributed by atoms with Gasteiger partial charge < -0.3 is 77.5 Å². The van der Waals surface area contributed by atoms with E-state index in [0.717, 1.165) is 34.9 Å². The van der Waals surface area contributed by atoms with Crippen LogP contribution >= 0.6 is 0 Å². The first-order chi connectivity index (χ1) is 36.7. The number of carbonyl (C=O) groups excluding carboxylic acids is 1. The fourth-order valence-electron chi connectivity index (χ4n) is 9.28. The van der Waals surface area contributed by atoms with E-state index >= 15 is 0 Å². The third kappa shape index (κ3) is 15.4. The Bertz CT molecular complexity index is 2410. The summed E-state index contributed by atoms with van der Waals surface area (Å²) in [5.74, 6) is 0. The van der Waals surface area contributed by atoms with Crippen molar-refractivity contribution in [1.82, 2.24) is 5.32 Å². The molecular formula is C58H69NO16. The lowest BCUT2D eigenvalue weighted by Gasteiger charge is -2.51. The van der Waals surface area contributed by atoms with Gasteiger partial charge in [-0.2, -0.15) is 0 Å². The SMILES string of the molecule is C=CCO[C@@H]1O[C@@H](C)[C@H](OCc2ccccc2)[C@@H](O[C@H]2O[C@H](COCc3ccccc3)[C@@H](OCc3ccccc3)[C@H](OCc3ccccc3)[C@H]2OCc2ccccc2)[C@H]1O[C@@H]1O[C@H](CO)[C@@H](O)[C@H](O)[C@H]1NC(=O)OC. The first-order valence-electron chi connectivity index (χ1n) is 25.3. The number of hydrogen-bond acceptors (Lipinski definition) is 16. The first kappa shape index (κ1) is 55.8. The molecule has 3 aliphatic rings. The molecule has 75 heavy (non-hydrogen) atoms. The Morgan fingerprint density at radius 3 is 1.48 bits per heavy atom. The highest BCUT2D eigenvalue weighted by Gasteiger charge is 2.56. The van der Waals surface area contributed by atoms with Crippen molar-refractivity contribution in [3.63, 3.8) is 0 Å². The summed E-state index contributed by atoms with van der Waals surface area (Å²) < 4.78 is 79.6. The van der Waals surface area contributed by atoms with Crippen LogP contribution in [0.3, 0.4) is 0 Å². The van der Waals surface area contributed by atoms with Gasteiger partial charge in [-0.05, 0) is 34.7 Å². The molecule has 0 saturated carbocycles. The van der Waals surface area contributed by atoms with Gasteiger partial charge in [0.15, 0.2) is 18.9 Å². The van der Waals surface area contributed by atoms with E-state index in [1.807, 2.05) is 159 Å². The van der Waals surface area contributed by atoms with Crippen LogP contribution in [0.15, 0.2) is 164 Å². The van der Waals surface area contributed by atoms with Crippen molar-refractivity contribution in [2.45, 2.75) is 132 Å². The zero-order valence-electron chi connectivity index (χ0n) is 42.2. The van der Waals surface area contributed by atoms with Crippen LogP contribution in [0.25, 0.3) is 0 Å². The molecule has 8 rings (SSSR count). The third-order valence-corrected chi connectivity index (χ3v) is 13.2. The lowest BCUT2D eigenvalue weighted by molar-refractivity contribution is -0.391. The number of alkyl carbamates (subject to hydrolysis) is 1. The number of nitrogens with one attached hydrogen (secondary N) is 1. The number of aliphatic hydroxyl groups is 3. The standard InChI is InChI=1S/C58H69NO16/c1-4-30-66-56-54(75-55-46(59-58(63)64-3)48(62)47(61)44(31-60)72-55)52(49(38(2)71-56)67-33-40-22-12-6-13-23-40)74-57-53(70-36-43-28-18-9-19-29-43)51(69-35-42-26-16-8-17-27-42)50(68-34-41-24-14-7-15-25-41)45(73-57)37-65-32-39-20-10-5-11-21-39/h4-29,38,44-57,60-62H,1,30-37H2,2-3H3,(H,59,63)/t38-,44+,45+,46+,47+,48+,49-,50+,51-,52+,53+,54+,55-,56+,57+/m0/s1. The van der Waals surface area contributed by atoms with Crippen LogP contribution in [0.4, 0.5) is 4.79 Å². The first-order valence-corrected chi connectivity index (χ1v) is 25.3. The molecular weight excluding hydrogens is 967 g/mol. The topological polar surface area (TPSA) is 201 Å². The highest BCUT2D eigenvalue weighted by Crippen LogP contribution is 2.38. The number of rotatable bonds is 25. The van der Waals surface area contributed by atoms with Crippen molar-refractivity contribution >= 4 is 6.09 Å². The Morgan fingerprint density at radius 1 is 0.533 bits per heavy atom. The highest BCUT2D eigenvalue weighted by atomic mass is 16.8. The third-order valence-electron chi connectivity index (χ3n) is 13.2. The number of amides is 1. The maximum atomic E-state index is 12.8. The molecule has 17 heteroatoms. The van der Waals surface area contributed by atoms with Gasteiger partial charge in [0.05, 0.1) is 66.1 Å². The van der Waals surface area contributed by atoms with Crippen molar-refractivity contribution < 1.29 is 77.0 Å². The van der Waals surface area contributed by atoms with Crippen molar-refractivity contribution in [3.8, 4) is 0 Å². The summed E-state index contributed by atoms with van der Waals surface area (Å²) >= 11 is 0. The second kappa shape index (κ2) is 28.6. The van der Waals surface area contributed by atoms with Crippen molar-refractivity contribution in [2.24, 2.45) is 0 Å². The minimum Gasteiger partial charge on any atom is -0.453 e. The van der Waals surface area contributed by atoms with Gasteiger partial charge in [-0.15, -0.1) is 6.58 Å². The van der Waals surface area contributed by atoms with Crippen LogP contribution in [0.5, 0.6) is 0 Å². The molecule has 17 nitrogen and oxygen atoms in total. The molecule has 3 saturated heterocycles. The van der Waals surface area contributed by atoms with Gasteiger partial charge >= 0.3 is 6.09 Å². The zero-order chi connectivity index (χ0) is 52.4. The summed E-state index contributed by atoms with van der Waals surface area (Å²) in [5.41, 5.74) is 4.51. The normalized spacial score (nSPS) is 29.8. The molecule has 3 aliphatic heterocycles. The van der Waals surface area contributed by atoms with E-state index in [0.29, 0.717) is 0 Å². The Kier molecular flexibility index (Phi) is 21.3. The summed E-state index contributed by atoms with van der Waals surface area (Å²) in [6.45, 7) is 5.87. The van der Waals surface area contributed by atoms with Gasteiger partial charge in [-0.3, -0.25) is 0 Å². The predicted octanol–water partition coefficient (Wildman–Crippen LogP) is 6.15. The molecule has 15 atom stereocenters. The van der Waals surface area contributed by atoms with E-state index in [1.54, 1.807) is 6.08 Å². The minimum atomic E-state index is -1.70. The van der Waals surface area contributed by atoms with E-state index < -0.39 is 105 Å². The quantitative estimate of drug-likeness (QED) is 0.0485. The van der Waals surface area contributed by atoms with E-state index in [-0.39, 0.29) is 46.2 Å². The van der Waals surface area contributed by atoms with Crippen molar-refractivity contribution in [2.75, 3.05) is 26.9 Å². The fourth-order valence-corrected chi connectivity index (χ4v) is 9.28. The summed E-state index contributed by atoms with van der Waals surface area (Å²) in [4.78, 5) is 12.8. The summed E-state index contributed by atoms with van der Waals surface area (Å²) in [6.07, 6.45) is -16.0. The predicted molar refractivity (Wildman–Crippen MR) is 272 cm³/mol. The fraction of sp³-hybridized carbons (Fsp3) is 0.431. The smallest absolute Gasteiger partial charge is 0.407 e. The van der Waals surface area contributed by atoms with Crippen LogP contribution in [0.2, 0.25) is 0 Å². The maximum Gasteiger partial charge on any atom is 0.407 e.